The van der Waals surface area contributed by atoms with Crippen LogP contribution < -0.4 is 5.32 Å². The molecule has 0 bridgehead atoms. The van der Waals surface area contributed by atoms with Gasteiger partial charge in [0.1, 0.15) is 6.04 Å². The van der Waals surface area contributed by atoms with Gasteiger partial charge in [-0.15, -0.1) is 0 Å². The first kappa shape index (κ1) is 15.8. The number of rotatable bonds is 7. The molecule has 1 atom stereocenters. The molecule has 22 heavy (non-hydrogen) atoms. The van der Waals surface area contributed by atoms with Crippen LogP contribution in [-0.2, 0) is 9.53 Å². The number of amides is 1. The molecule has 6 nitrogen and oxygen atoms in total. The molecule has 0 radical (unpaired) electrons. The van der Waals surface area contributed by atoms with Crippen molar-refractivity contribution in [1.82, 2.24) is 9.88 Å². The summed E-state index contributed by atoms with van der Waals surface area (Å²) < 4.78 is 6.73. The zero-order chi connectivity index (χ0) is 15.9. The van der Waals surface area contributed by atoms with Crippen LogP contribution in [0.2, 0.25) is 0 Å². The van der Waals surface area contributed by atoms with E-state index in [0.29, 0.717) is 5.56 Å². The van der Waals surface area contributed by atoms with Gasteiger partial charge in [0.25, 0.3) is 5.91 Å². The van der Waals surface area contributed by atoms with Gasteiger partial charge in [0, 0.05) is 43.8 Å². The van der Waals surface area contributed by atoms with Crippen molar-refractivity contribution in [2.24, 2.45) is 0 Å². The summed E-state index contributed by atoms with van der Waals surface area (Å²) in [6.07, 6.45) is 3.96. The van der Waals surface area contributed by atoms with Crippen LogP contribution in [0, 0.1) is 0 Å². The Labute approximate surface area is 128 Å². The number of aliphatic carboxylic acids is 1. The largest absolute Gasteiger partial charge is 0.480 e. The lowest BCUT2D eigenvalue weighted by Gasteiger charge is -2.14. The highest BCUT2D eigenvalue weighted by atomic mass is 16.5. The number of ether oxygens (including phenoxy) is 1. The van der Waals surface area contributed by atoms with E-state index in [9.17, 15) is 9.59 Å². The number of carboxylic acid groups (broad SMARTS) is 1. The fourth-order valence-corrected chi connectivity index (χ4v) is 2.05. The van der Waals surface area contributed by atoms with Crippen LogP contribution in [0.3, 0.4) is 0 Å². The van der Waals surface area contributed by atoms with Crippen LogP contribution in [0.5, 0.6) is 0 Å². The number of aromatic nitrogens is 1. The van der Waals surface area contributed by atoms with Crippen LogP contribution >= 0.6 is 0 Å². The molecule has 0 aliphatic carbocycles. The molecule has 2 N–H and O–H groups in total. The summed E-state index contributed by atoms with van der Waals surface area (Å²) in [5.41, 5.74) is 1.25. The highest BCUT2D eigenvalue weighted by molar-refractivity contribution is 5.97. The van der Waals surface area contributed by atoms with Crippen molar-refractivity contribution in [2.75, 3.05) is 13.7 Å². The van der Waals surface area contributed by atoms with Crippen molar-refractivity contribution < 1.29 is 19.4 Å². The second-order valence-electron chi connectivity index (χ2n) is 4.79. The summed E-state index contributed by atoms with van der Waals surface area (Å²) in [7, 11) is 1.49. The van der Waals surface area contributed by atoms with Crippen LogP contribution in [0.25, 0.3) is 5.69 Å². The van der Waals surface area contributed by atoms with Gasteiger partial charge in [0.15, 0.2) is 0 Å². The van der Waals surface area contributed by atoms with E-state index in [4.69, 9.17) is 9.84 Å². The first-order valence-corrected chi connectivity index (χ1v) is 6.88. The van der Waals surface area contributed by atoms with Gasteiger partial charge in [-0.1, -0.05) is 6.07 Å². The third-order valence-corrected chi connectivity index (χ3v) is 3.23. The summed E-state index contributed by atoms with van der Waals surface area (Å²) >= 11 is 0. The van der Waals surface area contributed by atoms with Crippen molar-refractivity contribution in [3.8, 4) is 5.69 Å². The Bertz CT molecular complexity index is 637. The molecule has 1 aromatic carbocycles. The molecule has 0 fully saturated rings. The zero-order valence-electron chi connectivity index (χ0n) is 12.2. The summed E-state index contributed by atoms with van der Waals surface area (Å²) in [6, 6.07) is 9.80. The second-order valence-corrected chi connectivity index (χ2v) is 4.79. The smallest absolute Gasteiger partial charge is 0.326 e. The molecule has 0 saturated heterocycles. The van der Waals surface area contributed by atoms with Crippen molar-refractivity contribution in [1.29, 1.82) is 0 Å². The van der Waals surface area contributed by atoms with E-state index in [1.165, 1.54) is 7.11 Å². The first-order valence-electron chi connectivity index (χ1n) is 6.88. The molecule has 6 heteroatoms. The fourth-order valence-electron chi connectivity index (χ4n) is 2.05. The molecular weight excluding hydrogens is 284 g/mol. The Hall–Kier alpha value is -2.60. The second kappa shape index (κ2) is 7.42. The molecular formula is C16H18N2O4. The van der Waals surface area contributed by atoms with E-state index in [1.807, 2.05) is 35.2 Å². The van der Waals surface area contributed by atoms with Crippen LogP contribution in [-0.4, -0.2) is 41.3 Å². The predicted molar refractivity (Wildman–Crippen MR) is 81.2 cm³/mol. The lowest BCUT2D eigenvalue weighted by atomic mass is 10.1. The van der Waals surface area contributed by atoms with Gasteiger partial charge in [0.05, 0.1) is 0 Å². The highest BCUT2D eigenvalue weighted by Gasteiger charge is 2.20. The summed E-state index contributed by atoms with van der Waals surface area (Å²) in [5.74, 6) is -1.50. The van der Waals surface area contributed by atoms with E-state index >= 15 is 0 Å². The average Bonchev–Trinajstić information content (AvgIpc) is 3.05. The van der Waals surface area contributed by atoms with Gasteiger partial charge in [-0.25, -0.2) is 4.79 Å². The minimum absolute atomic E-state index is 0.217. The molecule has 2 rings (SSSR count). The number of hydrogen-bond acceptors (Lipinski definition) is 3. The summed E-state index contributed by atoms with van der Waals surface area (Å²) in [4.78, 5) is 23.4. The number of nitrogens with zero attached hydrogens (tertiary/aromatic N) is 1. The topological polar surface area (TPSA) is 80.6 Å². The predicted octanol–water partition coefficient (Wildman–Crippen LogP) is 1.70. The monoisotopic (exact) mass is 302 g/mol. The maximum Gasteiger partial charge on any atom is 0.326 e. The molecule has 1 heterocycles. The van der Waals surface area contributed by atoms with Gasteiger partial charge in [-0.3, -0.25) is 4.79 Å². The van der Waals surface area contributed by atoms with Crippen molar-refractivity contribution >= 4 is 11.9 Å². The van der Waals surface area contributed by atoms with Crippen molar-refractivity contribution in [2.45, 2.75) is 12.5 Å². The molecule has 0 saturated carbocycles. The average molecular weight is 302 g/mol. The summed E-state index contributed by atoms with van der Waals surface area (Å²) in [6.45, 7) is 0.265. The quantitative estimate of drug-likeness (QED) is 0.815. The number of carbonyl (C=O) groups excluding carboxylic acids is 1. The van der Waals surface area contributed by atoms with E-state index < -0.39 is 17.9 Å². The van der Waals surface area contributed by atoms with Crippen LogP contribution in [0.1, 0.15) is 16.8 Å². The number of carboxylic acids is 1. The minimum atomic E-state index is -1.08. The third kappa shape index (κ3) is 3.95. The maximum atomic E-state index is 12.2. The summed E-state index contributed by atoms with van der Waals surface area (Å²) in [5, 5.41) is 11.6. The number of carbonyl (C=O) groups is 2. The third-order valence-electron chi connectivity index (χ3n) is 3.23. The Morgan fingerprint density at radius 2 is 2.00 bits per heavy atom. The van der Waals surface area contributed by atoms with Gasteiger partial charge in [0.2, 0.25) is 0 Å². The molecule has 2 aromatic rings. The Morgan fingerprint density at radius 1 is 1.27 bits per heavy atom. The first-order chi connectivity index (χ1) is 10.6. The number of hydrogen-bond donors (Lipinski definition) is 2. The lowest BCUT2D eigenvalue weighted by molar-refractivity contribution is -0.139. The normalized spacial score (nSPS) is 11.9. The minimum Gasteiger partial charge on any atom is -0.480 e. The number of benzene rings is 1. The van der Waals surface area contributed by atoms with Gasteiger partial charge < -0.3 is 19.7 Å². The highest BCUT2D eigenvalue weighted by Crippen LogP contribution is 2.11. The Kier molecular flexibility index (Phi) is 5.32. The molecule has 1 amide bonds. The Morgan fingerprint density at radius 3 is 2.64 bits per heavy atom. The van der Waals surface area contributed by atoms with Crippen LogP contribution in [0.4, 0.5) is 0 Å². The molecule has 1 aromatic heterocycles. The molecule has 0 aliphatic rings. The lowest BCUT2D eigenvalue weighted by Crippen LogP contribution is -2.41. The number of nitrogens with one attached hydrogen (secondary N) is 1. The molecule has 0 spiro atoms. The van der Waals surface area contributed by atoms with Gasteiger partial charge in [-0.2, -0.15) is 0 Å². The van der Waals surface area contributed by atoms with Gasteiger partial charge in [-0.05, 0) is 30.3 Å². The van der Waals surface area contributed by atoms with Crippen molar-refractivity contribution in [3.05, 3.63) is 54.4 Å². The molecule has 0 aliphatic heterocycles. The standard InChI is InChI=1S/C16H18N2O4/c1-22-10-7-14(16(20)21)17-15(19)12-5-4-6-13(11-12)18-8-2-3-9-18/h2-6,8-9,11,14H,7,10H2,1H3,(H,17,19)(H,20,21). The fraction of sp³-hybridized carbons (Fsp3) is 0.250. The van der Waals surface area contributed by atoms with Crippen molar-refractivity contribution in [3.63, 3.8) is 0 Å². The van der Waals surface area contributed by atoms with E-state index in [2.05, 4.69) is 5.32 Å². The van der Waals surface area contributed by atoms with E-state index in [0.717, 1.165) is 5.69 Å². The molecule has 1 unspecified atom stereocenters. The van der Waals surface area contributed by atoms with E-state index in [-0.39, 0.29) is 13.0 Å². The SMILES string of the molecule is COCCC(NC(=O)c1cccc(-n2cccc2)c1)C(=O)O. The maximum absolute atomic E-state index is 12.2. The molecule has 116 valence electrons. The van der Waals surface area contributed by atoms with Gasteiger partial charge >= 0.3 is 5.97 Å². The zero-order valence-corrected chi connectivity index (χ0v) is 12.2. The van der Waals surface area contributed by atoms with E-state index in [1.54, 1.807) is 18.2 Å². The number of methoxy groups -OCH3 is 1. The Balaban J connectivity index is 2.12. The van der Waals surface area contributed by atoms with Crippen LogP contribution in [0.15, 0.2) is 48.8 Å².